The van der Waals surface area contributed by atoms with Gasteiger partial charge >= 0.3 is 0 Å². The SMILES string of the molecule is NCc1cc(Cl)ccc1OCCn1cccn1. The van der Waals surface area contributed by atoms with Crippen LogP contribution in [0.25, 0.3) is 0 Å². The predicted molar refractivity (Wildman–Crippen MR) is 67.1 cm³/mol. The van der Waals surface area contributed by atoms with Crippen LogP contribution in [0.15, 0.2) is 36.7 Å². The Kier molecular flexibility index (Phi) is 4.01. The maximum absolute atomic E-state index is 5.89. The molecule has 0 atom stereocenters. The Morgan fingerprint density at radius 2 is 2.29 bits per heavy atom. The van der Waals surface area contributed by atoms with Crippen LogP contribution in [-0.2, 0) is 13.1 Å². The van der Waals surface area contributed by atoms with Gasteiger partial charge in [-0.05, 0) is 24.3 Å². The van der Waals surface area contributed by atoms with Crippen molar-refractivity contribution in [3.8, 4) is 5.75 Å². The van der Waals surface area contributed by atoms with Gasteiger partial charge in [-0.15, -0.1) is 0 Å². The molecule has 2 aromatic rings. The highest BCUT2D eigenvalue weighted by Crippen LogP contribution is 2.22. The average molecular weight is 252 g/mol. The van der Waals surface area contributed by atoms with Crippen molar-refractivity contribution in [2.24, 2.45) is 5.73 Å². The quantitative estimate of drug-likeness (QED) is 0.885. The third-order valence-electron chi connectivity index (χ3n) is 2.38. The van der Waals surface area contributed by atoms with Gasteiger partial charge in [0.2, 0.25) is 0 Å². The first-order valence-electron chi connectivity index (χ1n) is 5.38. The third kappa shape index (κ3) is 3.22. The van der Waals surface area contributed by atoms with Gasteiger partial charge in [0.1, 0.15) is 12.4 Å². The lowest BCUT2D eigenvalue weighted by Crippen LogP contribution is -2.10. The minimum Gasteiger partial charge on any atom is -0.491 e. The molecule has 0 saturated carbocycles. The fraction of sp³-hybridized carbons (Fsp3) is 0.250. The van der Waals surface area contributed by atoms with Gasteiger partial charge in [0.05, 0.1) is 6.54 Å². The molecular weight excluding hydrogens is 238 g/mol. The van der Waals surface area contributed by atoms with Crippen LogP contribution in [0.2, 0.25) is 5.02 Å². The zero-order valence-electron chi connectivity index (χ0n) is 9.34. The van der Waals surface area contributed by atoms with Gasteiger partial charge in [-0.3, -0.25) is 4.68 Å². The lowest BCUT2D eigenvalue weighted by molar-refractivity contribution is 0.288. The highest BCUT2D eigenvalue weighted by Gasteiger charge is 2.03. The largest absolute Gasteiger partial charge is 0.491 e. The second-order valence-electron chi connectivity index (χ2n) is 3.57. The fourth-order valence-electron chi connectivity index (χ4n) is 1.53. The van der Waals surface area contributed by atoms with Crippen LogP contribution in [0, 0.1) is 0 Å². The predicted octanol–water partition coefficient (Wildman–Crippen LogP) is 2.07. The van der Waals surface area contributed by atoms with Crippen LogP contribution >= 0.6 is 11.6 Å². The van der Waals surface area contributed by atoms with Gasteiger partial charge in [-0.1, -0.05) is 11.6 Å². The first-order valence-corrected chi connectivity index (χ1v) is 5.76. The molecule has 17 heavy (non-hydrogen) atoms. The van der Waals surface area contributed by atoms with E-state index < -0.39 is 0 Å². The van der Waals surface area contributed by atoms with Gasteiger partial charge in [0.15, 0.2) is 0 Å². The van der Waals surface area contributed by atoms with Crippen LogP contribution in [0.1, 0.15) is 5.56 Å². The number of rotatable bonds is 5. The summed E-state index contributed by atoms with van der Waals surface area (Å²) >= 11 is 5.89. The molecule has 5 heteroatoms. The van der Waals surface area contributed by atoms with E-state index in [0.717, 1.165) is 11.3 Å². The Hall–Kier alpha value is -1.52. The Balaban J connectivity index is 1.94. The van der Waals surface area contributed by atoms with Gasteiger partial charge in [0.25, 0.3) is 0 Å². The lowest BCUT2D eigenvalue weighted by Gasteiger charge is -2.10. The van der Waals surface area contributed by atoms with Crippen molar-refractivity contribution < 1.29 is 4.74 Å². The third-order valence-corrected chi connectivity index (χ3v) is 2.61. The molecule has 1 heterocycles. The summed E-state index contributed by atoms with van der Waals surface area (Å²) in [6.45, 7) is 1.67. The molecule has 2 rings (SSSR count). The van der Waals surface area contributed by atoms with Gasteiger partial charge in [0, 0.05) is 29.5 Å². The first kappa shape index (κ1) is 12.0. The molecule has 0 saturated heterocycles. The van der Waals surface area contributed by atoms with E-state index in [2.05, 4.69) is 5.10 Å². The van der Waals surface area contributed by atoms with Crippen LogP contribution < -0.4 is 10.5 Å². The van der Waals surface area contributed by atoms with Gasteiger partial charge in [-0.2, -0.15) is 5.10 Å². The summed E-state index contributed by atoms with van der Waals surface area (Å²) in [5.41, 5.74) is 6.54. The summed E-state index contributed by atoms with van der Waals surface area (Å²) < 4.78 is 7.47. The maximum Gasteiger partial charge on any atom is 0.123 e. The zero-order chi connectivity index (χ0) is 12.1. The smallest absolute Gasteiger partial charge is 0.123 e. The number of ether oxygens (including phenoxy) is 1. The van der Waals surface area contributed by atoms with E-state index in [4.69, 9.17) is 22.1 Å². The van der Waals surface area contributed by atoms with Crippen LogP contribution in [0.4, 0.5) is 0 Å². The molecule has 0 aliphatic carbocycles. The van der Waals surface area contributed by atoms with E-state index in [9.17, 15) is 0 Å². The Morgan fingerprint density at radius 1 is 1.41 bits per heavy atom. The summed E-state index contributed by atoms with van der Waals surface area (Å²) in [6.07, 6.45) is 3.64. The van der Waals surface area contributed by atoms with Crippen molar-refractivity contribution in [1.82, 2.24) is 9.78 Å². The van der Waals surface area contributed by atoms with E-state index in [1.54, 1.807) is 12.3 Å². The van der Waals surface area contributed by atoms with Crippen LogP contribution in [0.5, 0.6) is 5.75 Å². The van der Waals surface area contributed by atoms with Crippen molar-refractivity contribution >= 4 is 11.6 Å². The topological polar surface area (TPSA) is 53.1 Å². The molecule has 0 unspecified atom stereocenters. The summed E-state index contributed by atoms with van der Waals surface area (Å²) in [5, 5.41) is 4.77. The van der Waals surface area contributed by atoms with E-state index >= 15 is 0 Å². The minimum atomic E-state index is 0.414. The molecule has 0 aliphatic rings. The molecule has 1 aromatic carbocycles. The van der Waals surface area contributed by atoms with Crippen LogP contribution in [0.3, 0.4) is 0 Å². The summed E-state index contributed by atoms with van der Waals surface area (Å²) in [6, 6.07) is 7.34. The number of nitrogens with two attached hydrogens (primary N) is 1. The summed E-state index contributed by atoms with van der Waals surface area (Å²) in [4.78, 5) is 0. The normalized spacial score (nSPS) is 10.5. The van der Waals surface area contributed by atoms with Crippen LogP contribution in [-0.4, -0.2) is 16.4 Å². The van der Waals surface area contributed by atoms with E-state index in [0.29, 0.717) is 24.7 Å². The Bertz CT molecular complexity index is 471. The van der Waals surface area contributed by atoms with Crippen molar-refractivity contribution in [1.29, 1.82) is 0 Å². The number of nitrogens with zero attached hydrogens (tertiary/aromatic N) is 2. The number of hydrogen-bond donors (Lipinski definition) is 1. The number of aromatic nitrogens is 2. The molecular formula is C12H14ClN3O. The molecule has 0 spiro atoms. The number of benzene rings is 1. The average Bonchev–Trinajstić information content (AvgIpc) is 2.84. The standard InChI is InChI=1S/C12H14ClN3O/c13-11-2-3-12(10(8-11)9-14)17-7-6-16-5-1-4-15-16/h1-5,8H,6-7,9,14H2. The Labute approximate surface area is 105 Å². The molecule has 0 aliphatic heterocycles. The zero-order valence-corrected chi connectivity index (χ0v) is 10.1. The molecule has 0 bridgehead atoms. The first-order chi connectivity index (χ1) is 8.29. The molecule has 2 N–H and O–H groups in total. The molecule has 90 valence electrons. The second-order valence-corrected chi connectivity index (χ2v) is 4.01. The van der Waals surface area contributed by atoms with Gasteiger partial charge in [-0.25, -0.2) is 0 Å². The maximum atomic E-state index is 5.89. The molecule has 0 fully saturated rings. The van der Waals surface area contributed by atoms with E-state index in [-0.39, 0.29) is 0 Å². The van der Waals surface area contributed by atoms with Crippen molar-refractivity contribution in [3.63, 3.8) is 0 Å². The van der Waals surface area contributed by atoms with Crippen molar-refractivity contribution in [2.45, 2.75) is 13.1 Å². The minimum absolute atomic E-state index is 0.414. The van der Waals surface area contributed by atoms with E-state index in [1.807, 2.05) is 29.1 Å². The second kappa shape index (κ2) is 5.70. The highest BCUT2D eigenvalue weighted by atomic mass is 35.5. The van der Waals surface area contributed by atoms with Crippen molar-refractivity contribution in [2.75, 3.05) is 6.61 Å². The molecule has 1 aromatic heterocycles. The molecule has 4 nitrogen and oxygen atoms in total. The highest BCUT2D eigenvalue weighted by molar-refractivity contribution is 6.30. The monoisotopic (exact) mass is 251 g/mol. The van der Waals surface area contributed by atoms with Gasteiger partial charge < -0.3 is 10.5 Å². The van der Waals surface area contributed by atoms with Crippen molar-refractivity contribution in [3.05, 3.63) is 47.2 Å². The molecule has 0 radical (unpaired) electrons. The van der Waals surface area contributed by atoms with E-state index in [1.165, 1.54) is 0 Å². The Morgan fingerprint density at radius 3 is 3.00 bits per heavy atom. The fourth-order valence-corrected chi connectivity index (χ4v) is 1.72. The summed E-state index contributed by atoms with van der Waals surface area (Å²) in [7, 11) is 0. The summed E-state index contributed by atoms with van der Waals surface area (Å²) in [5.74, 6) is 0.782. The lowest BCUT2D eigenvalue weighted by atomic mass is 10.2. The molecule has 0 amide bonds. The number of halogens is 1. The number of hydrogen-bond acceptors (Lipinski definition) is 3.